The molecule has 26 heavy (non-hydrogen) atoms. The Bertz CT molecular complexity index is 819. The van der Waals surface area contributed by atoms with E-state index in [1.54, 1.807) is 36.6 Å². The largest absolute Gasteiger partial charge is 0.467 e. The molecule has 1 saturated carbocycles. The van der Waals surface area contributed by atoms with Crippen molar-refractivity contribution >= 4 is 17.7 Å². The summed E-state index contributed by atoms with van der Waals surface area (Å²) in [7, 11) is 0. The van der Waals surface area contributed by atoms with Crippen LogP contribution in [0.2, 0.25) is 0 Å². The van der Waals surface area contributed by atoms with Gasteiger partial charge in [0.1, 0.15) is 5.76 Å². The van der Waals surface area contributed by atoms with Gasteiger partial charge in [0.25, 0.3) is 11.8 Å². The first-order valence-corrected chi connectivity index (χ1v) is 8.87. The topological polar surface area (TPSA) is 70.8 Å². The minimum Gasteiger partial charge on any atom is -0.467 e. The summed E-state index contributed by atoms with van der Waals surface area (Å²) in [5, 5.41) is 0. The lowest BCUT2D eigenvalue weighted by Gasteiger charge is -2.28. The molecule has 1 aromatic heterocycles. The Morgan fingerprint density at radius 1 is 1.15 bits per heavy atom. The van der Waals surface area contributed by atoms with Crippen LogP contribution in [-0.4, -0.2) is 40.1 Å². The third kappa shape index (κ3) is 2.81. The van der Waals surface area contributed by atoms with Gasteiger partial charge in [-0.2, -0.15) is 0 Å². The highest BCUT2D eigenvalue weighted by molar-refractivity contribution is 6.21. The van der Waals surface area contributed by atoms with Crippen molar-refractivity contribution in [3.63, 3.8) is 0 Å². The van der Waals surface area contributed by atoms with E-state index in [9.17, 15) is 14.4 Å². The number of nitrogens with zero attached hydrogens (tertiary/aromatic N) is 2. The SMILES string of the molecule is CC(c1ccco1)N(C(=O)CCN1C(=O)c2ccccc2C1=O)C1CC1. The molecule has 0 radical (unpaired) electrons. The molecule has 1 aliphatic heterocycles. The number of carbonyl (C=O) groups is 3. The van der Waals surface area contributed by atoms with E-state index in [2.05, 4.69) is 0 Å². The third-order valence-electron chi connectivity index (χ3n) is 5.03. The number of hydrogen-bond acceptors (Lipinski definition) is 4. The van der Waals surface area contributed by atoms with Crippen molar-refractivity contribution in [1.82, 2.24) is 9.80 Å². The molecule has 0 N–H and O–H groups in total. The van der Waals surface area contributed by atoms with Gasteiger partial charge in [-0.1, -0.05) is 12.1 Å². The maximum absolute atomic E-state index is 12.8. The Labute approximate surface area is 151 Å². The first-order valence-electron chi connectivity index (χ1n) is 8.87. The smallest absolute Gasteiger partial charge is 0.261 e. The number of rotatable bonds is 6. The molecule has 2 aromatic rings. The zero-order valence-corrected chi connectivity index (χ0v) is 14.6. The van der Waals surface area contributed by atoms with Crippen molar-refractivity contribution in [2.24, 2.45) is 0 Å². The van der Waals surface area contributed by atoms with Crippen molar-refractivity contribution in [2.45, 2.75) is 38.3 Å². The molecule has 1 fully saturated rings. The number of carbonyl (C=O) groups excluding carboxylic acids is 3. The zero-order chi connectivity index (χ0) is 18.3. The predicted octanol–water partition coefficient (Wildman–Crippen LogP) is 3.02. The zero-order valence-electron chi connectivity index (χ0n) is 14.6. The lowest BCUT2D eigenvalue weighted by molar-refractivity contribution is -0.134. The normalized spacial score (nSPS) is 17.3. The quantitative estimate of drug-likeness (QED) is 0.749. The van der Waals surface area contributed by atoms with E-state index in [4.69, 9.17) is 4.42 Å². The van der Waals surface area contributed by atoms with Crippen molar-refractivity contribution < 1.29 is 18.8 Å². The van der Waals surface area contributed by atoms with Gasteiger partial charge < -0.3 is 9.32 Å². The van der Waals surface area contributed by atoms with Gasteiger partial charge in [-0.05, 0) is 44.0 Å². The van der Waals surface area contributed by atoms with Gasteiger partial charge in [-0.15, -0.1) is 0 Å². The summed E-state index contributed by atoms with van der Waals surface area (Å²) in [6, 6.07) is 10.5. The van der Waals surface area contributed by atoms with Crippen LogP contribution in [0.25, 0.3) is 0 Å². The van der Waals surface area contributed by atoms with Crippen LogP contribution in [-0.2, 0) is 4.79 Å². The van der Waals surface area contributed by atoms with Crippen LogP contribution < -0.4 is 0 Å². The Morgan fingerprint density at radius 3 is 2.35 bits per heavy atom. The van der Waals surface area contributed by atoms with E-state index in [0.717, 1.165) is 18.6 Å². The van der Waals surface area contributed by atoms with Gasteiger partial charge in [0.2, 0.25) is 5.91 Å². The third-order valence-corrected chi connectivity index (χ3v) is 5.03. The number of furan rings is 1. The minimum absolute atomic E-state index is 0.0621. The Morgan fingerprint density at radius 2 is 1.81 bits per heavy atom. The Balaban J connectivity index is 1.45. The number of imide groups is 1. The van der Waals surface area contributed by atoms with Crippen molar-refractivity contribution in [1.29, 1.82) is 0 Å². The van der Waals surface area contributed by atoms with Crippen LogP contribution in [0, 0.1) is 0 Å². The molecule has 6 nitrogen and oxygen atoms in total. The highest BCUT2D eigenvalue weighted by atomic mass is 16.3. The molecule has 1 aliphatic carbocycles. The lowest BCUT2D eigenvalue weighted by atomic mass is 10.1. The van der Waals surface area contributed by atoms with Crippen LogP contribution in [0.5, 0.6) is 0 Å². The van der Waals surface area contributed by atoms with E-state index >= 15 is 0 Å². The van der Waals surface area contributed by atoms with Gasteiger partial charge in [0.05, 0.1) is 23.4 Å². The van der Waals surface area contributed by atoms with Crippen LogP contribution in [0.15, 0.2) is 47.1 Å². The van der Waals surface area contributed by atoms with Crippen LogP contribution in [0.4, 0.5) is 0 Å². The highest BCUT2D eigenvalue weighted by Gasteiger charge is 2.39. The first-order chi connectivity index (χ1) is 12.6. The van der Waals surface area contributed by atoms with Gasteiger partial charge in [0.15, 0.2) is 0 Å². The summed E-state index contributed by atoms with van der Waals surface area (Å²) in [6.07, 6.45) is 3.67. The summed E-state index contributed by atoms with van der Waals surface area (Å²) >= 11 is 0. The average Bonchev–Trinajstić information content (AvgIpc) is 3.25. The second-order valence-electron chi connectivity index (χ2n) is 6.78. The summed E-state index contributed by atoms with van der Waals surface area (Å²) in [4.78, 5) is 40.7. The maximum atomic E-state index is 12.8. The fourth-order valence-corrected chi connectivity index (χ4v) is 3.53. The van der Waals surface area contributed by atoms with E-state index < -0.39 is 0 Å². The van der Waals surface area contributed by atoms with Crippen LogP contribution in [0.3, 0.4) is 0 Å². The van der Waals surface area contributed by atoms with Gasteiger partial charge in [-0.25, -0.2) is 0 Å². The van der Waals surface area contributed by atoms with Crippen molar-refractivity contribution in [2.75, 3.05) is 6.54 Å². The van der Waals surface area contributed by atoms with Gasteiger partial charge in [0, 0.05) is 19.0 Å². The number of benzene rings is 1. The summed E-state index contributed by atoms with van der Waals surface area (Å²) in [5.74, 6) is 0.0323. The first kappa shape index (κ1) is 16.6. The molecule has 4 rings (SSSR count). The van der Waals surface area contributed by atoms with Gasteiger partial charge >= 0.3 is 0 Å². The summed E-state index contributed by atoms with van der Waals surface area (Å²) in [6.45, 7) is 2.04. The Hall–Kier alpha value is -2.89. The molecule has 6 heteroatoms. The van der Waals surface area contributed by atoms with Crippen molar-refractivity contribution in [3.8, 4) is 0 Å². The van der Waals surface area contributed by atoms with Crippen LogP contribution in [0.1, 0.15) is 58.7 Å². The fourth-order valence-electron chi connectivity index (χ4n) is 3.53. The van der Waals surface area contributed by atoms with E-state index in [1.807, 2.05) is 17.9 Å². The second kappa shape index (κ2) is 6.44. The minimum atomic E-state index is -0.324. The van der Waals surface area contributed by atoms with Crippen LogP contribution >= 0.6 is 0 Å². The van der Waals surface area contributed by atoms with Crippen molar-refractivity contribution in [3.05, 3.63) is 59.5 Å². The second-order valence-corrected chi connectivity index (χ2v) is 6.78. The molecule has 0 bridgehead atoms. The molecule has 2 aliphatic rings. The van der Waals surface area contributed by atoms with E-state index in [-0.39, 0.29) is 42.8 Å². The summed E-state index contributed by atoms with van der Waals surface area (Å²) < 4.78 is 5.45. The highest BCUT2D eigenvalue weighted by Crippen LogP contribution is 2.35. The number of amides is 3. The lowest BCUT2D eigenvalue weighted by Crippen LogP contribution is -2.39. The molecular weight excluding hydrogens is 332 g/mol. The molecule has 0 spiro atoms. The van der Waals surface area contributed by atoms with Gasteiger partial charge in [-0.3, -0.25) is 19.3 Å². The monoisotopic (exact) mass is 352 g/mol. The summed E-state index contributed by atoms with van der Waals surface area (Å²) in [5.41, 5.74) is 0.820. The molecule has 0 saturated heterocycles. The molecule has 2 heterocycles. The predicted molar refractivity (Wildman–Crippen MR) is 93.4 cm³/mol. The Kier molecular flexibility index (Phi) is 4.11. The standard InChI is InChI=1S/C20H20N2O4/c1-13(17-7-4-12-26-17)22(14-8-9-14)18(23)10-11-21-19(24)15-5-2-3-6-16(15)20(21)25/h2-7,12-14H,8-11H2,1H3. The number of hydrogen-bond donors (Lipinski definition) is 0. The number of fused-ring (bicyclic) bond motifs is 1. The molecule has 134 valence electrons. The van der Waals surface area contributed by atoms with E-state index in [0.29, 0.717) is 11.1 Å². The molecule has 1 atom stereocenters. The molecule has 1 aromatic carbocycles. The average molecular weight is 352 g/mol. The molecular formula is C20H20N2O4. The van der Waals surface area contributed by atoms with E-state index in [1.165, 1.54) is 4.90 Å². The molecule has 3 amide bonds. The fraction of sp³-hybridized carbons (Fsp3) is 0.350. The molecule has 1 unspecified atom stereocenters. The maximum Gasteiger partial charge on any atom is 0.261 e.